The van der Waals surface area contributed by atoms with Crippen LogP contribution in [0.4, 0.5) is 0 Å². The molecule has 0 fully saturated rings. The second-order valence-corrected chi connectivity index (χ2v) is 2.51. The fourth-order valence-electron chi connectivity index (χ4n) is 0.741. The molecule has 0 atom stereocenters. The Morgan fingerprint density at radius 2 is 2.42 bits per heavy atom. The van der Waals surface area contributed by atoms with Crippen LogP contribution < -0.4 is 0 Å². The fourth-order valence-corrected chi connectivity index (χ4v) is 0.965. The van der Waals surface area contributed by atoms with Gasteiger partial charge >= 0.3 is 5.97 Å². The summed E-state index contributed by atoms with van der Waals surface area (Å²) < 4.78 is 0. The van der Waals surface area contributed by atoms with Gasteiger partial charge in [0.2, 0.25) is 0 Å². The molecule has 0 saturated carbocycles. The van der Waals surface area contributed by atoms with Gasteiger partial charge in [0.05, 0.1) is 11.9 Å². The van der Waals surface area contributed by atoms with Crippen molar-refractivity contribution in [2.24, 2.45) is 0 Å². The van der Waals surface area contributed by atoms with Gasteiger partial charge in [-0.3, -0.25) is 0 Å². The van der Waals surface area contributed by atoms with Crippen molar-refractivity contribution >= 4 is 17.6 Å². The SMILES string of the molecule is CCc1nc(C(=O)O)cnc1Cl. The minimum atomic E-state index is -1.09. The van der Waals surface area contributed by atoms with Crippen LogP contribution in [0.1, 0.15) is 23.1 Å². The third-order valence-electron chi connectivity index (χ3n) is 1.35. The third kappa shape index (κ3) is 1.71. The van der Waals surface area contributed by atoms with Gasteiger partial charge in [0.15, 0.2) is 10.8 Å². The second kappa shape index (κ2) is 3.49. The summed E-state index contributed by atoms with van der Waals surface area (Å²) in [5, 5.41) is 8.82. The van der Waals surface area contributed by atoms with Crippen molar-refractivity contribution < 1.29 is 9.90 Å². The van der Waals surface area contributed by atoms with Gasteiger partial charge in [-0.15, -0.1) is 0 Å². The first-order valence-electron chi connectivity index (χ1n) is 3.40. The molecule has 4 nitrogen and oxygen atoms in total. The zero-order valence-electron chi connectivity index (χ0n) is 6.41. The van der Waals surface area contributed by atoms with Crippen LogP contribution in [0, 0.1) is 0 Å². The molecule has 0 unspecified atom stereocenters. The molecule has 0 aliphatic heterocycles. The lowest BCUT2D eigenvalue weighted by molar-refractivity contribution is 0.0689. The molecule has 0 aliphatic carbocycles. The summed E-state index contributed by atoms with van der Waals surface area (Å²) in [6.07, 6.45) is 1.72. The second-order valence-electron chi connectivity index (χ2n) is 2.15. The quantitative estimate of drug-likeness (QED) is 0.758. The van der Waals surface area contributed by atoms with Crippen LogP contribution in [0.5, 0.6) is 0 Å². The molecular weight excluding hydrogens is 180 g/mol. The Kier molecular flexibility index (Phi) is 2.60. The van der Waals surface area contributed by atoms with Crippen molar-refractivity contribution in [1.29, 1.82) is 0 Å². The van der Waals surface area contributed by atoms with Crippen molar-refractivity contribution in [3.05, 3.63) is 22.7 Å². The first-order valence-corrected chi connectivity index (χ1v) is 3.77. The van der Waals surface area contributed by atoms with Crippen molar-refractivity contribution in [2.75, 3.05) is 0 Å². The normalized spacial score (nSPS) is 9.83. The van der Waals surface area contributed by atoms with E-state index in [4.69, 9.17) is 16.7 Å². The number of carboxylic acid groups (broad SMARTS) is 1. The Balaban J connectivity index is 3.13. The Morgan fingerprint density at radius 1 is 1.75 bits per heavy atom. The monoisotopic (exact) mass is 186 g/mol. The maximum atomic E-state index is 10.4. The van der Waals surface area contributed by atoms with Gasteiger partial charge in [-0.2, -0.15) is 0 Å². The minimum Gasteiger partial charge on any atom is -0.476 e. The van der Waals surface area contributed by atoms with Crippen LogP contribution in [0.25, 0.3) is 0 Å². The van der Waals surface area contributed by atoms with E-state index in [0.717, 1.165) is 6.20 Å². The summed E-state index contributed by atoms with van der Waals surface area (Å²) >= 11 is 5.63. The molecule has 64 valence electrons. The van der Waals surface area contributed by atoms with E-state index in [2.05, 4.69) is 9.97 Å². The number of aromatic carboxylic acids is 1. The molecule has 0 radical (unpaired) electrons. The van der Waals surface area contributed by atoms with E-state index in [0.29, 0.717) is 12.1 Å². The highest BCUT2D eigenvalue weighted by atomic mass is 35.5. The Bertz CT molecular complexity index is 314. The van der Waals surface area contributed by atoms with E-state index in [1.54, 1.807) is 0 Å². The van der Waals surface area contributed by atoms with Crippen LogP contribution in [0.2, 0.25) is 5.15 Å². The minimum absolute atomic E-state index is 0.0729. The van der Waals surface area contributed by atoms with Crippen LogP contribution in [0.15, 0.2) is 6.20 Å². The molecule has 0 amide bonds. The number of carboxylic acids is 1. The fraction of sp³-hybridized carbons (Fsp3) is 0.286. The van der Waals surface area contributed by atoms with Gasteiger partial charge < -0.3 is 5.11 Å². The molecule has 1 rings (SSSR count). The van der Waals surface area contributed by atoms with Crippen LogP contribution in [-0.2, 0) is 6.42 Å². The Labute approximate surface area is 74.2 Å². The maximum Gasteiger partial charge on any atom is 0.356 e. The largest absolute Gasteiger partial charge is 0.476 e. The van der Waals surface area contributed by atoms with Gasteiger partial charge in [-0.05, 0) is 6.42 Å². The van der Waals surface area contributed by atoms with Crippen LogP contribution in [-0.4, -0.2) is 21.0 Å². The van der Waals surface area contributed by atoms with Crippen LogP contribution in [0.3, 0.4) is 0 Å². The lowest BCUT2D eigenvalue weighted by Gasteiger charge is -1.99. The molecule has 1 aromatic heterocycles. The van der Waals surface area contributed by atoms with E-state index in [-0.39, 0.29) is 10.8 Å². The molecule has 12 heavy (non-hydrogen) atoms. The third-order valence-corrected chi connectivity index (χ3v) is 1.66. The van der Waals surface area contributed by atoms with Crippen molar-refractivity contribution in [3.8, 4) is 0 Å². The topological polar surface area (TPSA) is 63.1 Å². The molecule has 0 spiro atoms. The summed E-state index contributed by atoms with van der Waals surface area (Å²) in [5.74, 6) is -1.09. The highest BCUT2D eigenvalue weighted by Crippen LogP contribution is 2.10. The average Bonchev–Trinajstić information content (AvgIpc) is 2.05. The number of nitrogens with zero attached hydrogens (tertiary/aromatic N) is 2. The maximum absolute atomic E-state index is 10.4. The summed E-state index contributed by atoms with van der Waals surface area (Å²) in [5.41, 5.74) is 0.438. The summed E-state index contributed by atoms with van der Waals surface area (Å²) in [4.78, 5) is 17.9. The number of halogens is 1. The zero-order chi connectivity index (χ0) is 9.14. The molecule has 0 aliphatic rings. The number of carbonyl (C=O) groups is 1. The van der Waals surface area contributed by atoms with Crippen LogP contribution >= 0.6 is 11.6 Å². The van der Waals surface area contributed by atoms with Crippen molar-refractivity contribution in [2.45, 2.75) is 13.3 Å². The standard InChI is InChI=1S/C7H7ClN2O2/c1-2-4-6(8)9-3-5(10-4)7(11)12/h3H,2H2,1H3,(H,11,12). The molecule has 0 aromatic carbocycles. The number of rotatable bonds is 2. The number of hydrogen-bond donors (Lipinski definition) is 1. The molecule has 1 N–H and O–H groups in total. The van der Waals surface area contributed by atoms with E-state index in [9.17, 15) is 4.79 Å². The predicted molar refractivity (Wildman–Crippen MR) is 43.4 cm³/mol. The van der Waals surface area contributed by atoms with E-state index >= 15 is 0 Å². The first-order chi connectivity index (χ1) is 5.65. The summed E-state index contributed by atoms with van der Waals surface area (Å²) in [6.45, 7) is 1.83. The molecular formula is C7H7ClN2O2. The highest BCUT2D eigenvalue weighted by Gasteiger charge is 2.08. The van der Waals surface area contributed by atoms with Crippen molar-refractivity contribution in [1.82, 2.24) is 9.97 Å². The molecule has 0 bridgehead atoms. The number of hydrogen-bond acceptors (Lipinski definition) is 3. The Hall–Kier alpha value is -1.16. The summed E-state index contributed by atoms with van der Waals surface area (Å²) in [6, 6.07) is 0. The van der Waals surface area contributed by atoms with E-state index in [1.807, 2.05) is 6.92 Å². The van der Waals surface area contributed by atoms with Gasteiger partial charge in [0.25, 0.3) is 0 Å². The van der Waals surface area contributed by atoms with Gasteiger partial charge in [-0.1, -0.05) is 18.5 Å². The lowest BCUT2D eigenvalue weighted by atomic mass is 10.3. The van der Waals surface area contributed by atoms with Gasteiger partial charge in [0.1, 0.15) is 0 Å². The lowest BCUT2D eigenvalue weighted by Crippen LogP contribution is -2.04. The smallest absolute Gasteiger partial charge is 0.356 e. The number of aryl methyl sites for hydroxylation is 1. The van der Waals surface area contributed by atoms with Crippen molar-refractivity contribution in [3.63, 3.8) is 0 Å². The summed E-state index contributed by atoms with van der Waals surface area (Å²) in [7, 11) is 0. The number of aromatic nitrogens is 2. The molecule has 0 saturated heterocycles. The highest BCUT2D eigenvalue weighted by molar-refractivity contribution is 6.30. The molecule has 1 aromatic rings. The predicted octanol–water partition coefficient (Wildman–Crippen LogP) is 1.39. The van der Waals surface area contributed by atoms with E-state index < -0.39 is 5.97 Å². The Morgan fingerprint density at radius 3 is 2.92 bits per heavy atom. The van der Waals surface area contributed by atoms with Gasteiger partial charge in [-0.25, -0.2) is 14.8 Å². The average molecular weight is 187 g/mol. The first kappa shape index (κ1) is 8.93. The van der Waals surface area contributed by atoms with E-state index in [1.165, 1.54) is 0 Å². The molecule has 1 heterocycles. The van der Waals surface area contributed by atoms with Gasteiger partial charge in [0, 0.05) is 0 Å². The zero-order valence-corrected chi connectivity index (χ0v) is 7.17. The molecule has 5 heteroatoms.